The topological polar surface area (TPSA) is 47.0 Å². The summed E-state index contributed by atoms with van der Waals surface area (Å²) in [6.45, 7) is 0. The Balaban J connectivity index is 0.000000221. The van der Waals surface area contributed by atoms with E-state index in [0.717, 1.165) is 4.70 Å². The second kappa shape index (κ2) is 5.46. The molecule has 0 saturated carbocycles. The first-order chi connectivity index (χ1) is 7.25. The Bertz CT molecular complexity index is 591. The van der Waals surface area contributed by atoms with Gasteiger partial charge < -0.3 is 0 Å². The van der Waals surface area contributed by atoms with Gasteiger partial charge in [-0.25, -0.2) is 9.37 Å². The number of thiazole rings is 1. The van der Waals surface area contributed by atoms with Gasteiger partial charge in [-0.15, -0.1) is 11.3 Å². The Labute approximate surface area is 109 Å². The van der Waals surface area contributed by atoms with Crippen LogP contribution in [0.15, 0.2) is 18.2 Å². The first-order valence-corrected chi connectivity index (χ1v) is 7.94. The molecule has 1 aromatic heterocycles. The lowest BCUT2D eigenvalue weighted by atomic mass is 10.3. The van der Waals surface area contributed by atoms with Crippen LogP contribution in [-0.2, 0) is 8.26 Å². The first kappa shape index (κ1) is 13.9. The summed E-state index contributed by atoms with van der Waals surface area (Å²) in [5.41, 5.74) is 0.625. The molecule has 0 saturated heterocycles. The molecule has 2 rings (SSSR count). The quantitative estimate of drug-likeness (QED) is 0.693. The van der Waals surface area contributed by atoms with Gasteiger partial charge in [0.2, 0.25) is 0 Å². The average molecular weight is 323 g/mol. The first-order valence-electron chi connectivity index (χ1n) is 3.61. The summed E-state index contributed by atoms with van der Waals surface area (Å²) < 4.78 is 32.3. The van der Waals surface area contributed by atoms with Gasteiger partial charge in [0.25, 0.3) is 0 Å². The van der Waals surface area contributed by atoms with E-state index in [1.54, 1.807) is 6.07 Å². The largest absolute Gasteiger partial charge is 0.317 e. The molecule has 0 unspecified atom stereocenters. The highest BCUT2D eigenvalue weighted by molar-refractivity contribution is 8.31. The van der Waals surface area contributed by atoms with E-state index in [1.807, 2.05) is 0 Å². The van der Waals surface area contributed by atoms with Crippen molar-refractivity contribution in [2.75, 3.05) is 0 Å². The van der Waals surface area contributed by atoms with Gasteiger partial charge in [-0.05, 0) is 12.1 Å². The number of benzene rings is 1. The predicted octanol–water partition coefficient (Wildman–Crippen LogP) is 3.80. The fraction of sp³-hybridized carbons (Fsp3) is 0. The van der Waals surface area contributed by atoms with Crippen LogP contribution in [0.25, 0.3) is 10.2 Å². The van der Waals surface area contributed by atoms with Crippen LogP contribution in [-0.4, -0.2) is 13.4 Å². The predicted molar refractivity (Wildman–Crippen MR) is 65.2 cm³/mol. The van der Waals surface area contributed by atoms with Crippen molar-refractivity contribution in [3.63, 3.8) is 0 Å². The Kier molecular flexibility index (Phi) is 4.75. The number of halogens is 4. The number of hydrogen-bond donors (Lipinski definition) is 0. The Morgan fingerprint density at radius 1 is 1.31 bits per heavy atom. The van der Waals surface area contributed by atoms with Crippen LogP contribution >= 0.6 is 44.3 Å². The van der Waals surface area contributed by atoms with E-state index >= 15 is 0 Å². The molecular weight excluding hydrogens is 320 g/mol. The fourth-order valence-corrected chi connectivity index (χ4v) is 1.88. The van der Waals surface area contributed by atoms with E-state index in [2.05, 4.69) is 26.3 Å². The van der Waals surface area contributed by atoms with Crippen molar-refractivity contribution >= 4 is 62.8 Å². The van der Waals surface area contributed by atoms with Crippen molar-refractivity contribution in [3.8, 4) is 0 Å². The van der Waals surface area contributed by atoms with E-state index in [4.69, 9.17) is 20.0 Å². The summed E-state index contributed by atoms with van der Waals surface area (Å²) in [7, 11) is 4.81. The minimum absolute atomic E-state index is 0.278. The van der Waals surface area contributed by atoms with Gasteiger partial charge in [0, 0.05) is 27.4 Å². The molecule has 2 aromatic rings. The number of hydrogen-bond acceptors (Lipinski definition) is 4. The Morgan fingerprint density at radius 3 is 2.44 bits per heavy atom. The number of rotatable bonds is 0. The molecule has 3 nitrogen and oxygen atoms in total. The summed E-state index contributed by atoms with van der Waals surface area (Å²) in [6, 6.07) is 4.45. The molecule has 0 N–H and O–H groups in total. The van der Waals surface area contributed by atoms with Crippen molar-refractivity contribution in [1.29, 1.82) is 0 Å². The van der Waals surface area contributed by atoms with Crippen LogP contribution in [0, 0.1) is 5.82 Å². The molecule has 0 spiro atoms. The number of nitrogens with zero attached hydrogens (tertiary/aromatic N) is 1. The molecule has 0 atom stereocenters. The van der Waals surface area contributed by atoms with Gasteiger partial charge in [0.1, 0.15) is 5.82 Å². The van der Waals surface area contributed by atoms with E-state index in [9.17, 15) is 4.39 Å². The van der Waals surface area contributed by atoms with E-state index in [0.29, 0.717) is 9.98 Å². The summed E-state index contributed by atoms with van der Waals surface area (Å²) in [4.78, 5) is 3.92. The van der Waals surface area contributed by atoms with Crippen LogP contribution < -0.4 is 0 Å². The lowest BCUT2D eigenvalue weighted by Gasteiger charge is -1.85. The maximum absolute atomic E-state index is 12.6. The fourth-order valence-electron chi connectivity index (χ4n) is 0.872. The van der Waals surface area contributed by atoms with Gasteiger partial charge in [-0.1, -0.05) is 11.6 Å². The minimum Gasteiger partial charge on any atom is -0.225 e. The normalized spacial score (nSPS) is 11.0. The van der Waals surface area contributed by atoms with Gasteiger partial charge in [-0.2, -0.15) is 8.42 Å². The van der Waals surface area contributed by atoms with E-state index in [1.165, 1.54) is 23.5 Å². The van der Waals surface area contributed by atoms with Crippen LogP contribution in [0.3, 0.4) is 0 Å². The lowest BCUT2D eigenvalue weighted by molar-refractivity contribution is 0.621. The monoisotopic (exact) mass is 321 g/mol. The third kappa shape index (κ3) is 5.27. The maximum Gasteiger partial charge on any atom is 0.317 e. The molecular formula is C7H3Cl3FNO2S2. The summed E-state index contributed by atoms with van der Waals surface area (Å²) in [5, 5.41) is 0. The molecule has 16 heavy (non-hydrogen) atoms. The van der Waals surface area contributed by atoms with Crippen LogP contribution in [0.5, 0.6) is 0 Å². The highest BCUT2D eigenvalue weighted by Gasteiger charge is 2.01. The van der Waals surface area contributed by atoms with Crippen molar-refractivity contribution in [2.24, 2.45) is 0 Å². The average Bonchev–Trinajstić information content (AvgIpc) is 2.40. The van der Waals surface area contributed by atoms with E-state index < -0.39 is 8.26 Å². The van der Waals surface area contributed by atoms with Crippen LogP contribution in [0.2, 0.25) is 4.47 Å². The molecule has 0 amide bonds. The molecule has 0 radical (unpaired) electrons. The van der Waals surface area contributed by atoms with Gasteiger partial charge >= 0.3 is 8.26 Å². The third-order valence-electron chi connectivity index (χ3n) is 1.32. The summed E-state index contributed by atoms with van der Waals surface area (Å²) in [5.74, 6) is -0.278. The molecule has 0 bridgehead atoms. The molecule has 88 valence electrons. The molecule has 0 aliphatic carbocycles. The molecule has 1 heterocycles. The Hall–Kier alpha value is -0.140. The molecule has 9 heteroatoms. The minimum atomic E-state index is -3.72. The molecule has 0 aliphatic heterocycles. The highest BCUT2D eigenvalue weighted by Crippen LogP contribution is 2.25. The molecule has 1 aromatic carbocycles. The molecule has 0 aliphatic rings. The zero-order valence-electron chi connectivity index (χ0n) is 7.32. The second-order valence-corrected chi connectivity index (χ2v) is 7.74. The SMILES string of the molecule is Fc1ccc2sc(Cl)nc2c1.O=S(=O)(Cl)Cl. The van der Waals surface area contributed by atoms with Crippen molar-refractivity contribution in [1.82, 2.24) is 4.98 Å². The number of aromatic nitrogens is 1. The summed E-state index contributed by atoms with van der Waals surface area (Å²) in [6.07, 6.45) is 0. The number of fused-ring (bicyclic) bond motifs is 1. The van der Waals surface area contributed by atoms with Crippen LogP contribution in [0.4, 0.5) is 4.39 Å². The lowest BCUT2D eigenvalue weighted by Crippen LogP contribution is -1.71. The third-order valence-corrected chi connectivity index (χ3v) is 2.46. The van der Waals surface area contributed by atoms with Gasteiger partial charge in [0.05, 0.1) is 10.2 Å². The van der Waals surface area contributed by atoms with Crippen molar-refractivity contribution < 1.29 is 12.8 Å². The smallest absolute Gasteiger partial charge is 0.225 e. The second-order valence-electron chi connectivity index (χ2n) is 2.46. The zero-order chi connectivity index (χ0) is 12.3. The van der Waals surface area contributed by atoms with E-state index in [-0.39, 0.29) is 5.82 Å². The van der Waals surface area contributed by atoms with Crippen LogP contribution in [0.1, 0.15) is 0 Å². The Morgan fingerprint density at radius 2 is 1.88 bits per heavy atom. The zero-order valence-corrected chi connectivity index (χ0v) is 11.2. The maximum atomic E-state index is 12.6. The molecule has 0 fully saturated rings. The van der Waals surface area contributed by atoms with Gasteiger partial charge in [-0.3, -0.25) is 0 Å². The highest BCUT2D eigenvalue weighted by atomic mass is 36.0. The van der Waals surface area contributed by atoms with Crippen molar-refractivity contribution in [2.45, 2.75) is 0 Å². The van der Waals surface area contributed by atoms with Crippen molar-refractivity contribution in [3.05, 3.63) is 28.5 Å². The standard InChI is InChI=1S/C7H3ClFNS.Cl2O2S/c8-7-10-5-3-4(9)1-2-6(5)11-7;1-5(2,3)4/h1-3H;. The van der Waals surface area contributed by atoms with Gasteiger partial charge in [0.15, 0.2) is 4.47 Å². The summed E-state index contributed by atoms with van der Waals surface area (Å²) >= 11 is 6.97.